The van der Waals surface area contributed by atoms with Gasteiger partial charge in [-0.15, -0.1) is 0 Å². The minimum absolute atomic E-state index is 0.224. The SMILES string of the molecule is COc1cccc(C(Nc2cccc3nc(C)ccc23)C(O)(CSc2nccn2C)C(F)(F)F)c1. The lowest BCUT2D eigenvalue weighted by Crippen LogP contribution is -2.54. The van der Waals surface area contributed by atoms with Gasteiger partial charge in [-0.25, -0.2) is 4.98 Å². The van der Waals surface area contributed by atoms with E-state index < -0.39 is 23.6 Å². The minimum atomic E-state index is -4.97. The van der Waals surface area contributed by atoms with Crippen LogP contribution >= 0.6 is 11.8 Å². The smallest absolute Gasteiger partial charge is 0.420 e. The van der Waals surface area contributed by atoms with Crippen LogP contribution in [0.3, 0.4) is 0 Å². The maximum atomic E-state index is 14.6. The Bertz CT molecular complexity index is 1330. The number of alkyl halides is 3. The Kier molecular flexibility index (Phi) is 6.95. The Hall–Kier alpha value is -3.24. The van der Waals surface area contributed by atoms with Crippen molar-refractivity contribution in [2.45, 2.75) is 29.9 Å². The molecule has 184 valence electrons. The second-order valence-corrected chi connectivity index (χ2v) is 9.15. The predicted molar refractivity (Wildman–Crippen MR) is 131 cm³/mol. The Balaban J connectivity index is 1.83. The Morgan fingerprint density at radius 2 is 1.91 bits per heavy atom. The summed E-state index contributed by atoms with van der Waals surface area (Å²) < 4.78 is 50.8. The first-order chi connectivity index (χ1) is 16.6. The van der Waals surface area contributed by atoms with Gasteiger partial charge in [0.15, 0.2) is 10.8 Å². The minimum Gasteiger partial charge on any atom is -0.497 e. The molecule has 2 atom stereocenters. The number of halogens is 3. The molecule has 2 aromatic heterocycles. The van der Waals surface area contributed by atoms with Crippen molar-refractivity contribution in [3.63, 3.8) is 0 Å². The summed E-state index contributed by atoms with van der Waals surface area (Å²) in [7, 11) is 3.12. The van der Waals surface area contributed by atoms with Crippen LogP contribution in [0.1, 0.15) is 17.3 Å². The number of ether oxygens (including phenoxy) is 1. The molecule has 2 unspecified atom stereocenters. The molecule has 0 aliphatic carbocycles. The number of nitrogens with one attached hydrogen (secondary N) is 1. The number of hydrogen-bond acceptors (Lipinski definition) is 6. The number of pyridine rings is 1. The van der Waals surface area contributed by atoms with Crippen molar-refractivity contribution in [1.29, 1.82) is 0 Å². The molecule has 0 bridgehead atoms. The molecule has 0 radical (unpaired) electrons. The number of aliphatic hydroxyl groups is 1. The third kappa shape index (κ3) is 5.08. The molecule has 4 aromatic rings. The van der Waals surface area contributed by atoms with Crippen LogP contribution in [-0.2, 0) is 7.05 Å². The van der Waals surface area contributed by atoms with Crippen LogP contribution in [0.25, 0.3) is 10.9 Å². The van der Waals surface area contributed by atoms with E-state index >= 15 is 0 Å². The summed E-state index contributed by atoms with van der Waals surface area (Å²) in [5.74, 6) is -0.302. The zero-order valence-electron chi connectivity index (χ0n) is 19.4. The normalized spacial score (nSPS) is 14.5. The van der Waals surface area contributed by atoms with Gasteiger partial charge in [0.05, 0.1) is 18.7 Å². The molecule has 2 heterocycles. The molecule has 4 rings (SSSR count). The molecular formula is C25H25F3N4O2S. The van der Waals surface area contributed by atoms with E-state index in [1.807, 2.05) is 6.92 Å². The first-order valence-electron chi connectivity index (χ1n) is 10.8. The van der Waals surface area contributed by atoms with Crippen LogP contribution in [0.5, 0.6) is 5.75 Å². The maximum Gasteiger partial charge on any atom is 0.420 e. The van der Waals surface area contributed by atoms with Crippen molar-refractivity contribution < 1.29 is 23.0 Å². The summed E-state index contributed by atoms with van der Waals surface area (Å²) in [6, 6.07) is 13.5. The third-order valence-electron chi connectivity index (χ3n) is 5.76. The van der Waals surface area contributed by atoms with Crippen LogP contribution in [0.2, 0.25) is 0 Å². The fourth-order valence-corrected chi connectivity index (χ4v) is 4.91. The Morgan fingerprint density at radius 3 is 2.60 bits per heavy atom. The number of aromatic nitrogens is 3. The molecule has 0 spiro atoms. The first-order valence-corrected chi connectivity index (χ1v) is 11.8. The number of thioether (sulfide) groups is 1. The number of anilines is 1. The number of rotatable bonds is 8. The number of aryl methyl sites for hydroxylation is 2. The highest BCUT2D eigenvalue weighted by Gasteiger charge is 2.59. The van der Waals surface area contributed by atoms with Crippen molar-refractivity contribution in [3.05, 3.63) is 78.2 Å². The first kappa shape index (κ1) is 24.9. The van der Waals surface area contributed by atoms with Crippen LogP contribution in [0.4, 0.5) is 18.9 Å². The fourth-order valence-electron chi connectivity index (χ4n) is 3.83. The summed E-state index contributed by atoms with van der Waals surface area (Å²) in [5, 5.41) is 15.4. The molecule has 2 aromatic carbocycles. The van der Waals surface area contributed by atoms with Crippen molar-refractivity contribution in [3.8, 4) is 5.75 Å². The van der Waals surface area contributed by atoms with Crippen molar-refractivity contribution in [1.82, 2.24) is 14.5 Å². The van der Waals surface area contributed by atoms with E-state index in [0.29, 0.717) is 27.5 Å². The third-order valence-corrected chi connectivity index (χ3v) is 7.00. The average Bonchev–Trinajstić information content (AvgIpc) is 3.24. The van der Waals surface area contributed by atoms with Gasteiger partial charge >= 0.3 is 6.18 Å². The molecular weight excluding hydrogens is 477 g/mol. The molecule has 10 heteroatoms. The van der Waals surface area contributed by atoms with Gasteiger partial charge in [-0.3, -0.25) is 4.98 Å². The highest BCUT2D eigenvalue weighted by Crippen LogP contribution is 2.45. The number of methoxy groups -OCH3 is 1. The molecule has 0 saturated heterocycles. The van der Waals surface area contributed by atoms with Gasteiger partial charge in [0.2, 0.25) is 0 Å². The van der Waals surface area contributed by atoms with Gasteiger partial charge in [-0.2, -0.15) is 13.2 Å². The number of imidazole rings is 1. The summed E-state index contributed by atoms with van der Waals surface area (Å²) in [6.45, 7) is 1.84. The molecule has 0 aliphatic rings. The number of fused-ring (bicyclic) bond motifs is 1. The van der Waals surface area contributed by atoms with Crippen molar-refractivity contribution in [2.75, 3.05) is 18.2 Å². The monoisotopic (exact) mass is 502 g/mol. The van der Waals surface area contributed by atoms with Crippen LogP contribution in [0, 0.1) is 6.92 Å². The van der Waals surface area contributed by atoms with Crippen LogP contribution < -0.4 is 10.1 Å². The van der Waals surface area contributed by atoms with Gasteiger partial charge in [-0.05, 0) is 48.9 Å². The highest BCUT2D eigenvalue weighted by molar-refractivity contribution is 7.99. The lowest BCUT2D eigenvalue weighted by Gasteiger charge is -2.39. The van der Waals surface area contributed by atoms with E-state index in [0.717, 1.165) is 17.5 Å². The second-order valence-electron chi connectivity index (χ2n) is 8.21. The molecule has 0 saturated carbocycles. The summed E-state index contributed by atoms with van der Waals surface area (Å²) in [5.41, 5.74) is -1.08. The zero-order valence-corrected chi connectivity index (χ0v) is 20.2. The number of hydrogen-bond donors (Lipinski definition) is 2. The van der Waals surface area contributed by atoms with Gasteiger partial charge in [0.1, 0.15) is 5.75 Å². The van der Waals surface area contributed by atoms with E-state index in [1.54, 1.807) is 60.3 Å². The number of nitrogens with zero attached hydrogens (tertiary/aromatic N) is 3. The van der Waals surface area contributed by atoms with Crippen LogP contribution in [0.15, 0.2) is 72.1 Å². The van der Waals surface area contributed by atoms with Crippen molar-refractivity contribution >= 4 is 28.4 Å². The van der Waals surface area contributed by atoms with Gasteiger partial charge in [-0.1, -0.05) is 30.0 Å². The zero-order chi connectivity index (χ0) is 25.2. The van der Waals surface area contributed by atoms with E-state index in [-0.39, 0.29) is 5.56 Å². The molecule has 0 aliphatic heterocycles. The van der Waals surface area contributed by atoms with E-state index in [9.17, 15) is 18.3 Å². The lowest BCUT2D eigenvalue weighted by molar-refractivity contribution is -0.256. The summed E-state index contributed by atoms with van der Waals surface area (Å²) >= 11 is 0.835. The lowest BCUT2D eigenvalue weighted by atomic mass is 9.88. The molecule has 2 N–H and O–H groups in total. The maximum absolute atomic E-state index is 14.6. The largest absolute Gasteiger partial charge is 0.497 e. The topological polar surface area (TPSA) is 72.2 Å². The quantitative estimate of drug-likeness (QED) is 0.309. The van der Waals surface area contributed by atoms with Gasteiger partial charge < -0.3 is 19.7 Å². The fraction of sp³-hybridized carbons (Fsp3) is 0.280. The van der Waals surface area contributed by atoms with Crippen LogP contribution in [-0.4, -0.2) is 44.3 Å². The predicted octanol–water partition coefficient (Wildman–Crippen LogP) is 5.52. The van der Waals surface area contributed by atoms with E-state index in [1.165, 1.54) is 25.4 Å². The summed E-state index contributed by atoms with van der Waals surface area (Å²) in [6.07, 6.45) is -1.83. The Morgan fingerprint density at radius 1 is 1.14 bits per heavy atom. The highest BCUT2D eigenvalue weighted by atomic mass is 32.2. The molecule has 35 heavy (non-hydrogen) atoms. The molecule has 0 amide bonds. The average molecular weight is 503 g/mol. The van der Waals surface area contributed by atoms with Gasteiger partial charge in [0, 0.05) is 42.0 Å². The second kappa shape index (κ2) is 9.79. The van der Waals surface area contributed by atoms with Gasteiger partial charge in [0.25, 0.3) is 0 Å². The standard InChI is InChI=1S/C25H25F3N4O2S/c1-16-10-11-19-20(30-16)8-5-9-21(19)31-22(17-6-4-7-18(14-17)34-3)24(33,25(26,27)28)15-35-23-29-12-13-32(23)2/h4-14,22,31,33H,15H2,1-3H3. The Labute approximate surface area is 205 Å². The summed E-state index contributed by atoms with van der Waals surface area (Å²) in [4.78, 5) is 8.57. The van der Waals surface area contributed by atoms with E-state index in [2.05, 4.69) is 15.3 Å². The van der Waals surface area contributed by atoms with Crippen molar-refractivity contribution in [2.24, 2.45) is 7.05 Å². The van der Waals surface area contributed by atoms with E-state index in [4.69, 9.17) is 4.74 Å². The molecule has 6 nitrogen and oxygen atoms in total. The molecule has 0 fully saturated rings. The number of benzene rings is 2.